The fraction of sp³-hybridized carbons (Fsp3) is 0.385. The number of nitrogens with one attached hydrogen (secondary N) is 1. The van der Waals surface area contributed by atoms with E-state index in [1.54, 1.807) is 0 Å². The molecule has 4 nitrogen and oxygen atoms in total. The van der Waals surface area contributed by atoms with Crippen LogP contribution in [0.25, 0.3) is 11.5 Å². The summed E-state index contributed by atoms with van der Waals surface area (Å²) in [5, 5.41) is 7.49. The Balaban J connectivity index is 1.84. The number of halogens is 1. The molecule has 1 aromatic carbocycles. The van der Waals surface area contributed by atoms with Crippen LogP contribution in [-0.2, 0) is 0 Å². The lowest BCUT2D eigenvalue weighted by Gasteiger charge is -2.19. The van der Waals surface area contributed by atoms with Crippen molar-refractivity contribution in [2.45, 2.75) is 18.8 Å². The predicted octanol–water partition coefficient (Wildman–Crippen LogP) is 2.81. The molecule has 1 aliphatic heterocycles. The standard InChI is InChI=1S/C13H14IN3O/c14-11-5-1-3-9(7-11)13-16-12(17-18-13)10-4-2-6-15-8-10/h1,3,5,7,10,15H,2,4,6,8H2. The van der Waals surface area contributed by atoms with Crippen LogP contribution in [-0.4, -0.2) is 23.2 Å². The zero-order chi connectivity index (χ0) is 12.4. The molecule has 5 heteroatoms. The van der Waals surface area contributed by atoms with Crippen molar-refractivity contribution in [1.29, 1.82) is 0 Å². The second-order valence-electron chi connectivity index (χ2n) is 4.51. The highest BCUT2D eigenvalue weighted by atomic mass is 127. The molecule has 1 aromatic heterocycles. The Bertz CT molecular complexity index is 535. The topological polar surface area (TPSA) is 51.0 Å². The van der Waals surface area contributed by atoms with Crippen molar-refractivity contribution >= 4 is 22.6 Å². The lowest BCUT2D eigenvalue weighted by Crippen LogP contribution is -2.28. The second-order valence-corrected chi connectivity index (χ2v) is 5.76. The molecule has 1 saturated heterocycles. The normalized spacial score (nSPS) is 19.9. The Kier molecular flexibility index (Phi) is 3.60. The van der Waals surface area contributed by atoms with E-state index in [1.807, 2.05) is 18.2 Å². The van der Waals surface area contributed by atoms with E-state index in [0.29, 0.717) is 11.8 Å². The van der Waals surface area contributed by atoms with Crippen LogP contribution in [0.4, 0.5) is 0 Å². The van der Waals surface area contributed by atoms with Gasteiger partial charge in [0.15, 0.2) is 5.82 Å². The molecule has 2 heterocycles. The van der Waals surface area contributed by atoms with Crippen molar-refractivity contribution in [3.05, 3.63) is 33.7 Å². The molecule has 1 N–H and O–H groups in total. The quantitative estimate of drug-likeness (QED) is 0.842. The van der Waals surface area contributed by atoms with Gasteiger partial charge < -0.3 is 9.84 Å². The Hall–Kier alpha value is -0.950. The van der Waals surface area contributed by atoms with Crippen LogP contribution < -0.4 is 5.32 Å². The van der Waals surface area contributed by atoms with Gasteiger partial charge in [0, 0.05) is 21.6 Å². The Morgan fingerprint density at radius 2 is 2.33 bits per heavy atom. The summed E-state index contributed by atoms with van der Waals surface area (Å²) in [5.74, 6) is 1.84. The van der Waals surface area contributed by atoms with E-state index in [0.717, 1.165) is 30.9 Å². The Morgan fingerprint density at radius 1 is 1.39 bits per heavy atom. The summed E-state index contributed by atoms with van der Waals surface area (Å²) in [6, 6.07) is 8.10. The molecule has 1 fully saturated rings. The minimum absolute atomic E-state index is 0.388. The minimum Gasteiger partial charge on any atom is -0.334 e. The molecule has 18 heavy (non-hydrogen) atoms. The first-order valence-corrected chi connectivity index (χ1v) is 7.21. The lowest BCUT2D eigenvalue weighted by molar-refractivity contribution is 0.393. The van der Waals surface area contributed by atoms with E-state index in [2.05, 4.69) is 44.1 Å². The number of rotatable bonds is 2. The van der Waals surface area contributed by atoms with Gasteiger partial charge in [0.05, 0.1) is 0 Å². The minimum atomic E-state index is 0.388. The van der Waals surface area contributed by atoms with Crippen LogP contribution in [0.2, 0.25) is 0 Å². The average molecular weight is 355 g/mol. The molecule has 3 rings (SSSR count). The Morgan fingerprint density at radius 3 is 3.11 bits per heavy atom. The highest BCUT2D eigenvalue weighted by Crippen LogP contribution is 2.24. The molecule has 0 spiro atoms. The molecule has 2 aromatic rings. The highest BCUT2D eigenvalue weighted by molar-refractivity contribution is 14.1. The van der Waals surface area contributed by atoms with E-state index in [1.165, 1.54) is 9.99 Å². The molecule has 0 saturated carbocycles. The summed E-state index contributed by atoms with van der Waals surface area (Å²) in [4.78, 5) is 4.52. The summed E-state index contributed by atoms with van der Waals surface area (Å²) < 4.78 is 6.54. The number of piperidine rings is 1. The van der Waals surface area contributed by atoms with E-state index in [4.69, 9.17) is 4.52 Å². The number of nitrogens with zero attached hydrogens (tertiary/aromatic N) is 2. The molecule has 0 aliphatic carbocycles. The number of hydrogen-bond acceptors (Lipinski definition) is 4. The maximum absolute atomic E-state index is 5.37. The molecule has 0 bridgehead atoms. The summed E-state index contributed by atoms with van der Waals surface area (Å²) >= 11 is 2.28. The first-order valence-electron chi connectivity index (χ1n) is 6.13. The van der Waals surface area contributed by atoms with Crippen LogP contribution >= 0.6 is 22.6 Å². The predicted molar refractivity (Wildman–Crippen MR) is 77.3 cm³/mol. The fourth-order valence-corrected chi connectivity index (χ4v) is 2.75. The van der Waals surface area contributed by atoms with Gasteiger partial charge in [0.25, 0.3) is 5.89 Å². The molecule has 0 amide bonds. The van der Waals surface area contributed by atoms with Gasteiger partial charge in [0.1, 0.15) is 0 Å². The molecule has 0 radical (unpaired) electrons. The molecular weight excluding hydrogens is 341 g/mol. The number of benzene rings is 1. The van der Waals surface area contributed by atoms with Gasteiger partial charge in [-0.3, -0.25) is 0 Å². The van der Waals surface area contributed by atoms with E-state index < -0.39 is 0 Å². The summed E-state index contributed by atoms with van der Waals surface area (Å²) in [7, 11) is 0. The summed E-state index contributed by atoms with van der Waals surface area (Å²) in [6.07, 6.45) is 2.32. The van der Waals surface area contributed by atoms with Gasteiger partial charge in [-0.2, -0.15) is 4.98 Å². The zero-order valence-corrected chi connectivity index (χ0v) is 12.1. The third-order valence-electron chi connectivity index (χ3n) is 3.18. The lowest BCUT2D eigenvalue weighted by atomic mass is 9.99. The third kappa shape index (κ3) is 2.56. The number of aromatic nitrogens is 2. The van der Waals surface area contributed by atoms with Crippen molar-refractivity contribution in [3.8, 4) is 11.5 Å². The van der Waals surface area contributed by atoms with Gasteiger partial charge in [0.2, 0.25) is 0 Å². The maximum Gasteiger partial charge on any atom is 0.257 e. The fourth-order valence-electron chi connectivity index (χ4n) is 2.21. The molecular formula is C13H14IN3O. The van der Waals surface area contributed by atoms with E-state index in [9.17, 15) is 0 Å². The van der Waals surface area contributed by atoms with E-state index in [-0.39, 0.29) is 0 Å². The molecule has 1 aliphatic rings. The average Bonchev–Trinajstić information content (AvgIpc) is 2.89. The van der Waals surface area contributed by atoms with Gasteiger partial charge in [-0.15, -0.1) is 0 Å². The first-order chi connectivity index (χ1) is 8.83. The van der Waals surface area contributed by atoms with Crippen LogP contribution in [0, 0.1) is 3.57 Å². The maximum atomic E-state index is 5.37. The third-order valence-corrected chi connectivity index (χ3v) is 3.85. The van der Waals surface area contributed by atoms with Crippen LogP contribution in [0.3, 0.4) is 0 Å². The van der Waals surface area contributed by atoms with Crippen molar-refractivity contribution in [3.63, 3.8) is 0 Å². The van der Waals surface area contributed by atoms with E-state index >= 15 is 0 Å². The van der Waals surface area contributed by atoms with Gasteiger partial charge in [-0.1, -0.05) is 11.2 Å². The van der Waals surface area contributed by atoms with Crippen LogP contribution in [0.5, 0.6) is 0 Å². The van der Waals surface area contributed by atoms with Crippen molar-refractivity contribution < 1.29 is 4.52 Å². The zero-order valence-electron chi connectivity index (χ0n) is 9.90. The largest absolute Gasteiger partial charge is 0.334 e. The van der Waals surface area contributed by atoms with Crippen LogP contribution in [0.15, 0.2) is 28.8 Å². The molecule has 1 atom stereocenters. The van der Waals surface area contributed by atoms with Gasteiger partial charge >= 0.3 is 0 Å². The van der Waals surface area contributed by atoms with Gasteiger partial charge in [-0.05, 0) is 60.2 Å². The summed E-state index contributed by atoms with van der Waals surface area (Å²) in [6.45, 7) is 2.05. The smallest absolute Gasteiger partial charge is 0.257 e. The van der Waals surface area contributed by atoms with Gasteiger partial charge in [-0.25, -0.2) is 0 Å². The number of hydrogen-bond donors (Lipinski definition) is 1. The van der Waals surface area contributed by atoms with Crippen molar-refractivity contribution in [1.82, 2.24) is 15.5 Å². The SMILES string of the molecule is Ic1cccc(-c2nc(C3CCCNC3)no2)c1. The monoisotopic (exact) mass is 355 g/mol. The summed E-state index contributed by atoms with van der Waals surface area (Å²) in [5.41, 5.74) is 0.990. The first kappa shape index (κ1) is 12.1. The Labute approximate surface area is 119 Å². The molecule has 1 unspecified atom stereocenters. The molecule has 94 valence electrons. The van der Waals surface area contributed by atoms with Crippen LogP contribution in [0.1, 0.15) is 24.6 Å². The van der Waals surface area contributed by atoms with Crippen molar-refractivity contribution in [2.75, 3.05) is 13.1 Å². The van der Waals surface area contributed by atoms with Crippen molar-refractivity contribution in [2.24, 2.45) is 0 Å². The highest BCUT2D eigenvalue weighted by Gasteiger charge is 2.21. The second kappa shape index (κ2) is 5.36.